The molecule has 0 fully saturated rings. The minimum atomic E-state index is -0.123. The van der Waals surface area contributed by atoms with Crippen LogP contribution in [0.15, 0.2) is 41.3 Å². The third-order valence-electron chi connectivity index (χ3n) is 5.56. The zero-order valence-electron chi connectivity index (χ0n) is 20.0. The lowest BCUT2D eigenvalue weighted by molar-refractivity contribution is 0.136. The fraction of sp³-hybridized carbons (Fsp3) is 0.538. The minimum Gasteiger partial charge on any atom is -0.475 e. The van der Waals surface area contributed by atoms with E-state index in [1.807, 2.05) is 24.3 Å². The summed E-state index contributed by atoms with van der Waals surface area (Å²) < 4.78 is 10.2. The predicted octanol–water partition coefficient (Wildman–Crippen LogP) is 6.85. The van der Waals surface area contributed by atoms with Crippen molar-refractivity contribution in [3.05, 3.63) is 51.9 Å². The van der Waals surface area contributed by atoms with Gasteiger partial charge < -0.3 is 4.74 Å². The average molecular weight is 458 g/mol. The highest BCUT2D eigenvalue weighted by molar-refractivity contribution is 6.30. The van der Waals surface area contributed by atoms with Gasteiger partial charge in [0.25, 0.3) is 5.56 Å². The number of benzene rings is 1. The smallest absolute Gasteiger partial charge is 0.262 e. The summed E-state index contributed by atoms with van der Waals surface area (Å²) in [5.41, 5.74) is 1.56. The largest absolute Gasteiger partial charge is 0.475 e. The molecule has 0 aliphatic heterocycles. The first-order valence-corrected chi connectivity index (χ1v) is 12.2. The van der Waals surface area contributed by atoms with Gasteiger partial charge in [-0.05, 0) is 43.2 Å². The van der Waals surface area contributed by atoms with E-state index in [-0.39, 0.29) is 11.7 Å². The summed E-state index contributed by atoms with van der Waals surface area (Å²) in [6, 6.07) is 9.15. The lowest BCUT2D eigenvalue weighted by Crippen LogP contribution is -2.26. The van der Waals surface area contributed by atoms with E-state index in [0.29, 0.717) is 28.5 Å². The van der Waals surface area contributed by atoms with Crippen LogP contribution >= 0.6 is 11.6 Å². The quantitative estimate of drug-likeness (QED) is 0.296. The lowest BCUT2D eigenvalue weighted by atomic mass is 9.98. The number of imidazole rings is 1. The van der Waals surface area contributed by atoms with Gasteiger partial charge in [0, 0.05) is 23.3 Å². The highest BCUT2D eigenvalue weighted by Gasteiger charge is 2.20. The number of hydrogen-bond donors (Lipinski definition) is 0. The van der Waals surface area contributed by atoms with Crippen LogP contribution in [0.2, 0.25) is 5.02 Å². The van der Waals surface area contributed by atoms with Crippen LogP contribution in [0, 0.1) is 11.8 Å². The van der Waals surface area contributed by atoms with Crippen LogP contribution < -0.4 is 10.3 Å². The highest BCUT2D eigenvalue weighted by atomic mass is 35.5. The highest BCUT2D eigenvalue weighted by Crippen LogP contribution is 2.25. The Morgan fingerprint density at radius 2 is 1.69 bits per heavy atom. The summed E-state index contributed by atoms with van der Waals surface area (Å²) in [6.45, 7) is 11.8. The molecule has 0 aliphatic rings. The molecular formula is C26H36ClN3O2. The van der Waals surface area contributed by atoms with Crippen molar-refractivity contribution in [2.45, 2.75) is 79.4 Å². The number of aryl methyl sites for hydroxylation is 1. The molecular weight excluding hydrogens is 422 g/mol. The van der Waals surface area contributed by atoms with Crippen molar-refractivity contribution in [1.29, 1.82) is 0 Å². The van der Waals surface area contributed by atoms with Crippen LogP contribution in [-0.2, 0) is 6.54 Å². The Labute approximate surface area is 196 Å². The van der Waals surface area contributed by atoms with E-state index in [1.54, 1.807) is 16.7 Å². The maximum atomic E-state index is 13.0. The normalized spacial score (nSPS) is 11.9. The number of ether oxygens (including phenoxy) is 1. The van der Waals surface area contributed by atoms with Crippen LogP contribution in [0.3, 0.4) is 0 Å². The Bertz CT molecular complexity index is 1060. The van der Waals surface area contributed by atoms with Gasteiger partial charge in [0.1, 0.15) is 6.10 Å². The molecule has 5 nitrogen and oxygen atoms in total. The molecule has 174 valence electrons. The van der Waals surface area contributed by atoms with Crippen molar-refractivity contribution in [1.82, 2.24) is 14.0 Å². The van der Waals surface area contributed by atoms with Gasteiger partial charge in [-0.3, -0.25) is 13.8 Å². The fourth-order valence-electron chi connectivity index (χ4n) is 4.08. The van der Waals surface area contributed by atoms with Crippen molar-refractivity contribution >= 4 is 17.4 Å². The molecule has 1 aromatic carbocycles. The van der Waals surface area contributed by atoms with Crippen molar-refractivity contribution in [2.24, 2.45) is 11.8 Å². The Morgan fingerprint density at radius 1 is 1.03 bits per heavy atom. The maximum absolute atomic E-state index is 13.0. The summed E-state index contributed by atoms with van der Waals surface area (Å²) in [4.78, 5) is 17.9. The molecule has 0 radical (unpaired) electrons. The van der Waals surface area contributed by atoms with E-state index in [9.17, 15) is 4.79 Å². The monoisotopic (exact) mass is 457 g/mol. The van der Waals surface area contributed by atoms with Gasteiger partial charge in [-0.15, -0.1) is 0 Å². The molecule has 6 heteroatoms. The van der Waals surface area contributed by atoms with E-state index in [0.717, 1.165) is 49.9 Å². The number of halogens is 1. The van der Waals surface area contributed by atoms with E-state index in [2.05, 4.69) is 39.2 Å². The van der Waals surface area contributed by atoms with E-state index in [4.69, 9.17) is 21.3 Å². The van der Waals surface area contributed by atoms with Gasteiger partial charge >= 0.3 is 0 Å². The van der Waals surface area contributed by atoms with Gasteiger partial charge in [0.05, 0.1) is 11.8 Å². The zero-order chi connectivity index (χ0) is 23.3. The molecule has 0 amide bonds. The van der Waals surface area contributed by atoms with Crippen molar-refractivity contribution in [3.8, 4) is 17.1 Å². The summed E-state index contributed by atoms with van der Waals surface area (Å²) >= 11 is 6.04. The van der Waals surface area contributed by atoms with Crippen LogP contribution in [0.4, 0.5) is 0 Å². The molecule has 3 rings (SSSR count). The second-order valence-corrected chi connectivity index (χ2v) is 9.92. The summed E-state index contributed by atoms with van der Waals surface area (Å²) in [5, 5.41) is 0.675. The van der Waals surface area contributed by atoms with E-state index >= 15 is 0 Å². The predicted molar refractivity (Wildman–Crippen MR) is 133 cm³/mol. The lowest BCUT2D eigenvalue weighted by Gasteiger charge is -2.25. The first-order valence-electron chi connectivity index (χ1n) is 11.8. The van der Waals surface area contributed by atoms with Gasteiger partial charge in [-0.1, -0.05) is 71.2 Å². The second-order valence-electron chi connectivity index (χ2n) is 9.48. The minimum absolute atomic E-state index is 0.0694. The van der Waals surface area contributed by atoms with Crippen LogP contribution in [0.1, 0.15) is 66.7 Å². The average Bonchev–Trinajstić information content (AvgIpc) is 3.16. The number of fused-ring (bicyclic) bond motifs is 1. The Morgan fingerprint density at radius 3 is 2.28 bits per heavy atom. The number of hydrogen-bond acceptors (Lipinski definition) is 3. The van der Waals surface area contributed by atoms with E-state index < -0.39 is 0 Å². The topological polar surface area (TPSA) is 48.5 Å². The molecule has 32 heavy (non-hydrogen) atoms. The molecule has 0 atom stereocenters. The van der Waals surface area contributed by atoms with Crippen LogP contribution in [0.5, 0.6) is 5.88 Å². The Balaban J connectivity index is 2.06. The SMILES string of the molecule is CCCCCn1c(OC(CC(C)C)CC(C)C)cc(=O)n2cc(-c3ccc(Cl)cc3)nc12. The molecule has 0 unspecified atom stereocenters. The van der Waals surface area contributed by atoms with Crippen LogP contribution in [0.25, 0.3) is 17.0 Å². The van der Waals surface area contributed by atoms with Crippen LogP contribution in [-0.4, -0.2) is 20.1 Å². The van der Waals surface area contributed by atoms with E-state index in [1.165, 1.54) is 0 Å². The second kappa shape index (κ2) is 11.0. The Kier molecular flexibility index (Phi) is 8.41. The fourth-order valence-corrected chi connectivity index (χ4v) is 4.20. The van der Waals surface area contributed by atoms with Gasteiger partial charge in [-0.25, -0.2) is 4.98 Å². The molecule has 0 saturated heterocycles. The Hall–Kier alpha value is -2.27. The molecule has 0 saturated carbocycles. The van der Waals surface area contributed by atoms with Gasteiger partial charge in [0.15, 0.2) is 0 Å². The van der Waals surface area contributed by atoms with Gasteiger partial charge in [-0.2, -0.15) is 0 Å². The third-order valence-corrected chi connectivity index (χ3v) is 5.81. The zero-order valence-corrected chi connectivity index (χ0v) is 20.7. The summed E-state index contributed by atoms with van der Waals surface area (Å²) in [7, 11) is 0. The number of unbranched alkanes of at least 4 members (excludes halogenated alkanes) is 2. The molecule has 2 aromatic heterocycles. The number of aromatic nitrogens is 3. The van der Waals surface area contributed by atoms with Crippen molar-refractivity contribution in [3.63, 3.8) is 0 Å². The van der Waals surface area contributed by atoms with Crippen molar-refractivity contribution in [2.75, 3.05) is 0 Å². The number of nitrogens with zero attached hydrogens (tertiary/aromatic N) is 3. The third kappa shape index (κ3) is 6.16. The van der Waals surface area contributed by atoms with Gasteiger partial charge in [0.2, 0.25) is 11.7 Å². The molecule has 0 aliphatic carbocycles. The first kappa shape index (κ1) is 24.4. The maximum Gasteiger partial charge on any atom is 0.262 e. The molecule has 3 aromatic rings. The molecule has 0 spiro atoms. The summed E-state index contributed by atoms with van der Waals surface area (Å²) in [6.07, 6.45) is 7.03. The van der Waals surface area contributed by atoms with Crippen molar-refractivity contribution < 1.29 is 4.74 Å². The first-order chi connectivity index (χ1) is 15.3. The number of rotatable bonds is 11. The molecule has 0 bridgehead atoms. The molecule has 0 N–H and O–H groups in total. The standard InChI is InChI=1S/C26H36ClN3O2/c1-6-7-8-13-29-25(32-22(14-18(2)3)15-19(4)5)16-24(31)30-17-23(28-26(29)30)20-9-11-21(27)12-10-20/h9-12,16-19,22H,6-8,13-15H2,1-5H3. The molecule has 2 heterocycles. The summed E-state index contributed by atoms with van der Waals surface area (Å²) in [5.74, 6) is 2.29.